The molecular weight excluding hydrogens is 371 g/mol. The number of nitrogens with zero attached hydrogens (tertiary/aromatic N) is 2. The quantitative estimate of drug-likeness (QED) is 0.746. The number of fused-ring (bicyclic) bond motifs is 1. The number of aromatic nitrogens is 2. The van der Waals surface area contributed by atoms with Crippen LogP contribution in [0.5, 0.6) is 5.75 Å². The van der Waals surface area contributed by atoms with E-state index in [0.29, 0.717) is 28.9 Å². The summed E-state index contributed by atoms with van der Waals surface area (Å²) < 4.78 is 69.9. The third kappa shape index (κ3) is 3.54. The molecule has 1 N–H and O–H groups in total. The lowest BCUT2D eigenvalue weighted by Crippen LogP contribution is -2.15. The predicted octanol–water partition coefficient (Wildman–Crippen LogP) is 3.46. The smallest absolute Gasteiger partial charge is 0.433 e. The molecule has 2 heterocycles. The minimum Gasteiger partial charge on any atom is -0.495 e. The highest BCUT2D eigenvalue weighted by atomic mass is 32.2. The number of nitrogens with one attached hydrogen (secondary N) is 1. The van der Waals surface area contributed by atoms with Crippen molar-refractivity contribution in [3.8, 4) is 5.75 Å². The molecular formula is C16H12F3N3O3S. The molecule has 0 aliphatic heterocycles. The van der Waals surface area contributed by atoms with Gasteiger partial charge in [-0.25, -0.2) is 8.42 Å². The van der Waals surface area contributed by atoms with E-state index in [2.05, 4.69) is 14.7 Å². The second kappa shape index (κ2) is 6.45. The van der Waals surface area contributed by atoms with Crippen LogP contribution in [0.2, 0.25) is 0 Å². The minimum absolute atomic E-state index is 0.185. The number of halogens is 3. The van der Waals surface area contributed by atoms with Gasteiger partial charge in [-0.3, -0.25) is 14.7 Å². The molecule has 0 radical (unpaired) electrons. The van der Waals surface area contributed by atoms with E-state index in [4.69, 9.17) is 4.74 Å². The van der Waals surface area contributed by atoms with Crippen LogP contribution in [0.25, 0.3) is 10.9 Å². The molecule has 0 unspecified atom stereocenters. The standard InChI is InChI=1S/C16H12F3N3O3S/c1-25-11-7-10-3-2-4-13(15(10)21-8-11)22-26(23,24)12-5-6-14(20-9-12)16(17,18)19/h2-9,22H,1H3. The first-order valence-corrected chi connectivity index (χ1v) is 8.68. The van der Waals surface area contributed by atoms with E-state index in [9.17, 15) is 21.6 Å². The normalized spacial score (nSPS) is 12.2. The number of para-hydroxylation sites is 1. The third-order valence-electron chi connectivity index (χ3n) is 3.50. The molecule has 136 valence electrons. The molecule has 0 spiro atoms. The molecule has 0 amide bonds. The molecule has 0 saturated carbocycles. The summed E-state index contributed by atoms with van der Waals surface area (Å²) in [4.78, 5) is 6.93. The van der Waals surface area contributed by atoms with Crippen LogP contribution in [0.3, 0.4) is 0 Å². The van der Waals surface area contributed by atoms with Crippen molar-refractivity contribution in [1.29, 1.82) is 0 Å². The van der Waals surface area contributed by atoms with Gasteiger partial charge in [0.25, 0.3) is 10.0 Å². The summed E-state index contributed by atoms with van der Waals surface area (Å²) >= 11 is 0. The highest BCUT2D eigenvalue weighted by Crippen LogP contribution is 2.29. The van der Waals surface area contributed by atoms with Crippen LogP contribution < -0.4 is 9.46 Å². The zero-order valence-corrected chi connectivity index (χ0v) is 14.1. The van der Waals surface area contributed by atoms with Gasteiger partial charge in [-0.1, -0.05) is 12.1 Å². The summed E-state index contributed by atoms with van der Waals surface area (Å²) in [5, 5.41) is 0.634. The van der Waals surface area contributed by atoms with E-state index < -0.39 is 26.8 Å². The second-order valence-electron chi connectivity index (χ2n) is 5.23. The zero-order valence-electron chi connectivity index (χ0n) is 13.3. The van der Waals surface area contributed by atoms with Crippen LogP contribution in [0.1, 0.15) is 5.69 Å². The van der Waals surface area contributed by atoms with E-state index in [-0.39, 0.29) is 5.69 Å². The van der Waals surface area contributed by atoms with Crippen LogP contribution in [0.4, 0.5) is 18.9 Å². The van der Waals surface area contributed by atoms with Gasteiger partial charge < -0.3 is 4.74 Å². The van der Waals surface area contributed by atoms with Crippen LogP contribution >= 0.6 is 0 Å². The Balaban J connectivity index is 1.96. The summed E-state index contributed by atoms with van der Waals surface area (Å²) in [6.07, 6.45) is -2.55. The maximum absolute atomic E-state index is 12.6. The predicted molar refractivity (Wildman–Crippen MR) is 88.3 cm³/mol. The maximum atomic E-state index is 12.6. The largest absolute Gasteiger partial charge is 0.495 e. The van der Waals surface area contributed by atoms with Gasteiger partial charge in [0.2, 0.25) is 0 Å². The van der Waals surface area contributed by atoms with Gasteiger partial charge in [-0.15, -0.1) is 0 Å². The first kappa shape index (κ1) is 17.9. The molecule has 0 fully saturated rings. The van der Waals surface area contributed by atoms with Crippen molar-refractivity contribution in [2.75, 3.05) is 11.8 Å². The molecule has 26 heavy (non-hydrogen) atoms. The molecule has 6 nitrogen and oxygen atoms in total. The molecule has 0 aliphatic carbocycles. The Bertz CT molecular complexity index is 1050. The van der Waals surface area contributed by atoms with Crippen LogP contribution in [-0.4, -0.2) is 25.5 Å². The van der Waals surface area contributed by atoms with Gasteiger partial charge >= 0.3 is 6.18 Å². The number of pyridine rings is 2. The number of anilines is 1. The summed E-state index contributed by atoms with van der Waals surface area (Å²) in [7, 11) is -2.65. The summed E-state index contributed by atoms with van der Waals surface area (Å²) in [5.41, 5.74) is -0.614. The molecule has 1 aromatic carbocycles. The monoisotopic (exact) mass is 383 g/mol. The molecule has 2 aromatic heterocycles. The fourth-order valence-corrected chi connectivity index (χ4v) is 3.26. The van der Waals surface area contributed by atoms with Crippen molar-refractivity contribution in [3.63, 3.8) is 0 Å². The number of alkyl halides is 3. The Hall–Kier alpha value is -2.88. The first-order valence-electron chi connectivity index (χ1n) is 7.19. The lowest BCUT2D eigenvalue weighted by molar-refractivity contribution is -0.141. The summed E-state index contributed by atoms with van der Waals surface area (Å²) in [5.74, 6) is 0.504. The van der Waals surface area contributed by atoms with E-state index >= 15 is 0 Å². The first-order chi connectivity index (χ1) is 12.2. The van der Waals surface area contributed by atoms with Crippen molar-refractivity contribution in [1.82, 2.24) is 9.97 Å². The Morgan fingerprint density at radius 2 is 1.85 bits per heavy atom. The number of sulfonamides is 1. The lowest BCUT2D eigenvalue weighted by atomic mass is 10.2. The van der Waals surface area contributed by atoms with Crippen molar-refractivity contribution >= 4 is 26.6 Å². The average Bonchev–Trinajstić information content (AvgIpc) is 2.60. The maximum Gasteiger partial charge on any atom is 0.433 e. The average molecular weight is 383 g/mol. The fraction of sp³-hybridized carbons (Fsp3) is 0.125. The SMILES string of the molecule is COc1cnc2c(NS(=O)(=O)c3ccc(C(F)(F)F)nc3)cccc2c1. The van der Waals surface area contributed by atoms with Gasteiger partial charge in [-0.05, 0) is 24.3 Å². The van der Waals surface area contributed by atoms with Gasteiger partial charge in [0.05, 0.1) is 24.5 Å². The number of methoxy groups -OCH3 is 1. The van der Waals surface area contributed by atoms with Gasteiger partial charge in [0, 0.05) is 11.6 Å². The highest BCUT2D eigenvalue weighted by molar-refractivity contribution is 7.92. The molecule has 0 saturated heterocycles. The Morgan fingerprint density at radius 1 is 1.08 bits per heavy atom. The van der Waals surface area contributed by atoms with Crippen molar-refractivity contribution in [2.24, 2.45) is 0 Å². The lowest BCUT2D eigenvalue weighted by Gasteiger charge is -2.11. The van der Waals surface area contributed by atoms with Gasteiger partial charge in [0.15, 0.2) is 0 Å². The number of hydrogen-bond donors (Lipinski definition) is 1. The van der Waals surface area contributed by atoms with Crippen LogP contribution in [0.15, 0.2) is 53.7 Å². The second-order valence-corrected chi connectivity index (χ2v) is 6.92. The van der Waals surface area contributed by atoms with Crippen molar-refractivity contribution < 1.29 is 26.3 Å². The molecule has 3 rings (SSSR count). The van der Waals surface area contributed by atoms with E-state index in [1.54, 1.807) is 18.2 Å². The number of rotatable bonds is 4. The molecule has 0 bridgehead atoms. The zero-order chi connectivity index (χ0) is 18.9. The van der Waals surface area contributed by atoms with E-state index in [1.165, 1.54) is 19.4 Å². The van der Waals surface area contributed by atoms with Gasteiger partial charge in [-0.2, -0.15) is 13.2 Å². The molecule has 0 aliphatic rings. The van der Waals surface area contributed by atoms with Crippen LogP contribution in [-0.2, 0) is 16.2 Å². The summed E-state index contributed by atoms with van der Waals surface area (Å²) in [6, 6.07) is 7.98. The minimum atomic E-state index is -4.64. The van der Waals surface area contributed by atoms with E-state index in [0.717, 1.165) is 6.07 Å². The molecule has 10 heteroatoms. The van der Waals surface area contributed by atoms with Crippen molar-refractivity contribution in [2.45, 2.75) is 11.1 Å². The highest BCUT2D eigenvalue weighted by Gasteiger charge is 2.32. The fourth-order valence-electron chi connectivity index (χ4n) is 2.25. The van der Waals surface area contributed by atoms with Crippen LogP contribution in [0, 0.1) is 0 Å². The third-order valence-corrected chi connectivity index (χ3v) is 4.85. The Kier molecular flexibility index (Phi) is 4.45. The number of hydrogen-bond acceptors (Lipinski definition) is 5. The number of benzene rings is 1. The van der Waals surface area contributed by atoms with Gasteiger partial charge in [0.1, 0.15) is 16.3 Å². The Morgan fingerprint density at radius 3 is 2.46 bits per heavy atom. The molecule has 3 aromatic rings. The number of ether oxygens (including phenoxy) is 1. The Labute approximate surface area is 146 Å². The van der Waals surface area contributed by atoms with E-state index in [1.807, 2.05) is 0 Å². The topological polar surface area (TPSA) is 81.2 Å². The molecule has 0 atom stereocenters. The van der Waals surface area contributed by atoms with Crippen molar-refractivity contribution in [3.05, 3.63) is 54.5 Å². The summed E-state index contributed by atoms with van der Waals surface area (Å²) in [6.45, 7) is 0.